The van der Waals surface area contributed by atoms with E-state index >= 15 is 0 Å². The number of rotatable bonds is 11. The Morgan fingerprint density at radius 3 is 2.11 bits per heavy atom. The van der Waals surface area contributed by atoms with Gasteiger partial charge in [0.15, 0.2) is 5.13 Å². The Kier molecular flexibility index (Phi) is 9.93. The van der Waals surface area contributed by atoms with Gasteiger partial charge >= 0.3 is 12.1 Å². The average Bonchev–Trinajstić information content (AvgIpc) is 3.50. The molecule has 4 aromatic rings. The number of aromatic carboxylic acids is 1. The molecule has 5 rings (SSSR count). The van der Waals surface area contributed by atoms with Crippen LogP contribution in [0.3, 0.4) is 0 Å². The second-order valence-electron chi connectivity index (χ2n) is 11.9. The van der Waals surface area contributed by atoms with Crippen molar-refractivity contribution in [2.24, 2.45) is 5.92 Å². The predicted octanol–water partition coefficient (Wildman–Crippen LogP) is 9.53. The van der Waals surface area contributed by atoms with Gasteiger partial charge in [-0.05, 0) is 80.1 Å². The van der Waals surface area contributed by atoms with Crippen molar-refractivity contribution in [2.75, 3.05) is 16.3 Å². The van der Waals surface area contributed by atoms with Gasteiger partial charge in [0, 0.05) is 42.3 Å². The van der Waals surface area contributed by atoms with Gasteiger partial charge in [0.25, 0.3) is 0 Å². The van der Waals surface area contributed by atoms with E-state index in [2.05, 4.69) is 53.3 Å². The lowest BCUT2D eigenvalue weighted by atomic mass is 9.88. The lowest BCUT2D eigenvalue weighted by molar-refractivity contribution is -0.137. The van der Waals surface area contributed by atoms with Crippen molar-refractivity contribution in [1.29, 1.82) is 0 Å². The third kappa shape index (κ3) is 8.00. The lowest BCUT2D eigenvalue weighted by Gasteiger charge is -2.32. The number of thiazole rings is 1. The summed E-state index contributed by atoms with van der Waals surface area (Å²) >= 11 is 1.58. The molecule has 1 fully saturated rings. The minimum absolute atomic E-state index is 0.189. The molecule has 1 aliphatic carbocycles. The van der Waals surface area contributed by atoms with Crippen LogP contribution in [0.4, 0.5) is 24.0 Å². The first-order valence-corrected chi connectivity index (χ1v) is 16.0. The van der Waals surface area contributed by atoms with Gasteiger partial charge in [-0.15, -0.1) is 11.3 Å². The van der Waals surface area contributed by atoms with Crippen molar-refractivity contribution in [1.82, 2.24) is 4.98 Å². The monoisotopic (exact) mass is 621 g/mol. The summed E-state index contributed by atoms with van der Waals surface area (Å²) in [4.78, 5) is 20.7. The number of benzene rings is 3. The highest BCUT2D eigenvalue weighted by atomic mass is 32.1. The molecule has 0 spiro atoms. The van der Waals surface area contributed by atoms with Crippen LogP contribution in [0.2, 0.25) is 0 Å². The number of carboxylic acids is 1. The molecular formula is C35H38F3N3O2S. The fraction of sp³-hybridized carbons (Fsp3) is 0.371. The second-order valence-corrected chi connectivity index (χ2v) is 12.7. The number of aromatic nitrogens is 1. The van der Waals surface area contributed by atoms with E-state index in [4.69, 9.17) is 4.98 Å². The molecule has 1 aromatic heterocycles. The SMILES string of the molecule is CC(C)N(Cc1ccc(C(=O)O)cc1)c1nc(-c2ccc(N(Cc3ccc(C(F)(F)F)cc3)CC3CCCCC3)cc2)cs1. The van der Waals surface area contributed by atoms with Gasteiger partial charge in [0.05, 0.1) is 16.8 Å². The molecule has 9 heteroatoms. The molecule has 1 aliphatic rings. The van der Waals surface area contributed by atoms with E-state index in [9.17, 15) is 23.1 Å². The van der Waals surface area contributed by atoms with Crippen LogP contribution >= 0.6 is 11.3 Å². The number of carbonyl (C=O) groups is 1. The quantitative estimate of drug-likeness (QED) is 0.181. The smallest absolute Gasteiger partial charge is 0.416 e. The highest BCUT2D eigenvalue weighted by Crippen LogP contribution is 2.33. The predicted molar refractivity (Wildman–Crippen MR) is 171 cm³/mol. The van der Waals surface area contributed by atoms with Crippen molar-refractivity contribution in [2.45, 2.75) is 71.3 Å². The minimum atomic E-state index is -4.34. The van der Waals surface area contributed by atoms with Crippen molar-refractivity contribution < 1.29 is 23.1 Å². The van der Waals surface area contributed by atoms with E-state index in [0.717, 1.165) is 39.7 Å². The summed E-state index contributed by atoms with van der Waals surface area (Å²) in [6.45, 7) is 6.26. The molecule has 1 saturated carbocycles. The van der Waals surface area contributed by atoms with Crippen LogP contribution < -0.4 is 9.80 Å². The van der Waals surface area contributed by atoms with E-state index < -0.39 is 17.7 Å². The Morgan fingerprint density at radius 2 is 1.52 bits per heavy atom. The third-order valence-electron chi connectivity index (χ3n) is 8.30. The molecule has 44 heavy (non-hydrogen) atoms. The summed E-state index contributed by atoms with van der Waals surface area (Å²) in [6, 6.07) is 21.0. The largest absolute Gasteiger partial charge is 0.478 e. The number of alkyl halides is 3. The van der Waals surface area contributed by atoms with E-state index in [-0.39, 0.29) is 11.6 Å². The average molecular weight is 622 g/mol. The normalized spacial score (nSPS) is 14.1. The standard InChI is InChI=1S/C35H38F3N3O2S/c1-24(2)41(22-27-8-12-29(13-9-27)33(42)43)34-39-32(23-44-34)28-14-18-31(19-15-28)40(20-25-6-4-3-5-7-25)21-26-10-16-30(17-11-26)35(36,37)38/h8-19,23-25H,3-7,20-22H2,1-2H3,(H,42,43). The molecule has 0 aliphatic heterocycles. The van der Waals surface area contributed by atoms with E-state index in [1.807, 2.05) is 12.1 Å². The number of halogens is 3. The number of nitrogens with zero attached hydrogens (tertiary/aromatic N) is 3. The Morgan fingerprint density at radius 1 is 0.909 bits per heavy atom. The molecule has 0 saturated heterocycles. The zero-order valence-electron chi connectivity index (χ0n) is 25.1. The maximum atomic E-state index is 13.1. The number of anilines is 2. The van der Waals surface area contributed by atoms with Gasteiger partial charge in [0.1, 0.15) is 0 Å². The Hall–Kier alpha value is -3.85. The first-order valence-electron chi connectivity index (χ1n) is 15.1. The minimum Gasteiger partial charge on any atom is -0.478 e. The van der Waals surface area contributed by atoms with Gasteiger partial charge in [0.2, 0.25) is 0 Å². The zero-order valence-corrected chi connectivity index (χ0v) is 25.9. The number of carboxylic acid groups (broad SMARTS) is 1. The molecule has 3 aromatic carbocycles. The molecule has 0 bridgehead atoms. The topological polar surface area (TPSA) is 56.7 Å². The summed E-state index contributed by atoms with van der Waals surface area (Å²) in [5.74, 6) is -0.370. The molecule has 1 N–H and O–H groups in total. The van der Waals surface area contributed by atoms with E-state index in [0.29, 0.717) is 19.0 Å². The van der Waals surface area contributed by atoms with Crippen LogP contribution in [0.25, 0.3) is 11.3 Å². The van der Waals surface area contributed by atoms with Gasteiger partial charge in [-0.1, -0.05) is 55.7 Å². The van der Waals surface area contributed by atoms with Crippen LogP contribution in [0.15, 0.2) is 78.2 Å². The van der Waals surface area contributed by atoms with Crippen LogP contribution in [0.5, 0.6) is 0 Å². The van der Waals surface area contributed by atoms with Crippen LogP contribution in [-0.2, 0) is 19.3 Å². The molecule has 5 nitrogen and oxygen atoms in total. The molecule has 0 unspecified atom stereocenters. The molecule has 0 radical (unpaired) electrons. The van der Waals surface area contributed by atoms with Crippen LogP contribution in [-0.4, -0.2) is 28.6 Å². The highest BCUT2D eigenvalue weighted by molar-refractivity contribution is 7.14. The van der Waals surface area contributed by atoms with Crippen molar-refractivity contribution in [3.8, 4) is 11.3 Å². The first kappa shape index (κ1) is 31.6. The molecule has 0 amide bonds. The fourth-order valence-electron chi connectivity index (χ4n) is 5.75. The van der Waals surface area contributed by atoms with Crippen molar-refractivity contribution >= 4 is 28.1 Å². The zero-order chi connectivity index (χ0) is 31.3. The maximum absolute atomic E-state index is 13.1. The van der Waals surface area contributed by atoms with Gasteiger partial charge < -0.3 is 14.9 Å². The van der Waals surface area contributed by atoms with Gasteiger partial charge in [-0.3, -0.25) is 0 Å². The molecule has 0 atom stereocenters. The third-order valence-corrected chi connectivity index (χ3v) is 9.18. The summed E-state index contributed by atoms with van der Waals surface area (Å²) < 4.78 is 39.4. The summed E-state index contributed by atoms with van der Waals surface area (Å²) in [5.41, 5.74) is 4.43. The Bertz CT molecular complexity index is 1510. The number of hydrogen-bond acceptors (Lipinski definition) is 5. The first-order chi connectivity index (χ1) is 21.1. The Labute approximate surface area is 261 Å². The van der Waals surface area contributed by atoms with E-state index in [1.54, 1.807) is 35.6 Å². The maximum Gasteiger partial charge on any atom is 0.416 e. The van der Waals surface area contributed by atoms with Crippen molar-refractivity contribution in [3.63, 3.8) is 0 Å². The Balaban J connectivity index is 1.32. The van der Waals surface area contributed by atoms with Gasteiger partial charge in [-0.25, -0.2) is 9.78 Å². The highest BCUT2D eigenvalue weighted by Gasteiger charge is 2.30. The van der Waals surface area contributed by atoms with Crippen molar-refractivity contribution in [3.05, 3.63) is 100 Å². The summed E-state index contributed by atoms with van der Waals surface area (Å²) in [5, 5.41) is 12.1. The van der Waals surface area contributed by atoms with Gasteiger partial charge in [-0.2, -0.15) is 13.2 Å². The van der Waals surface area contributed by atoms with E-state index in [1.165, 1.54) is 44.2 Å². The van der Waals surface area contributed by atoms with Crippen LogP contribution in [0, 0.1) is 5.92 Å². The second kappa shape index (κ2) is 13.8. The lowest BCUT2D eigenvalue weighted by Crippen LogP contribution is -2.30. The molecular weight excluding hydrogens is 583 g/mol. The van der Waals surface area contributed by atoms with Crippen LogP contribution in [0.1, 0.15) is 73.0 Å². The fourth-order valence-corrected chi connectivity index (χ4v) is 6.72. The molecule has 1 heterocycles. The molecule has 232 valence electrons. The number of hydrogen-bond donors (Lipinski definition) is 1. The summed E-state index contributed by atoms with van der Waals surface area (Å²) in [6.07, 6.45) is 1.74. The summed E-state index contributed by atoms with van der Waals surface area (Å²) in [7, 11) is 0.